The van der Waals surface area contributed by atoms with Crippen molar-refractivity contribution in [1.29, 1.82) is 0 Å². The van der Waals surface area contributed by atoms with Gasteiger partial charge in [-0.1, -0.05) is 32.0 Å². The number of benzene rings is 1. The van der Waals surface area contributed by atoms with Crippen LogP contribution < -0.4 is 10.6 Å². The van der Waals surface area contributed by atoms with E-state index in [0.29, 0.717) is 11.7 Å². The Hall–Kier alpha value is -0.960. The van der Waals surface area contributed by atoms with E-state index >= 15 is 0 Å². The van der Waals surface area contributed by atoms with Crippen molar-refractivity contribution in [2.24, 2.45) is 4.99 Å². The highest BCUT2D eigenvalue weighted by molar-refractivity contribution is 14.0. The van der Waals surface area contributed by atoms with Crippen LogP contribution in [0.2, 0.25) is 0 Å². The number of guanidine groups is 1. The van der Waals surface area contributed by atoms with Gasteiger partial charge in [0, 0.05) is 42.2 Å². The number of hydrogen-bond acceptors (Lipinski definition) is 3. The molecular weight excluding hydrogens is 459 g/mol. The second-order valence-electron chi connectivity index (χ2n) is 6.28. The summed E-state index contributed by atoms with van der Waals surface area (Å²) >= 11 is 1.84. The van der Waals surface area contributed by atoms with Gasteiger partial charge in [-0.2, -0.15) is 0 Å². The number of aliphatic imine (C=N–C) groups is 1. The first-order valence-corrected chi connectivity index (χ1v) is 10.0. The van der Waals surface area contributed by atoms with Gasteiger partial charge < -0.3 is 15.5 Å². The number of rotatable bonds is 7. The molecule has 1 aliphatic rings. The Kier molecular flexibility index (Phi) is 11.0. The van der Waals surface area contributed by atoms with Gasteiger partial charge in [-0.25, -0.2) is 0 Å². The topological polar surface area (TPSA) is 56.7 Å². The lowest BCUT2D eigenvalue weighted by atomic mass is 10.3. The quantitative estimate of drug-likeness (QED) is 0.267. The largest absolute Gasteiger partial charge is 0.357 e. The smallest absolute Gasteiger partial charge is 0.222 e. The standard InChI is InChI=1S/C19H30N4OS.HI/c1-4-18(24)23-12-11-16(14-23)22-19(20-5-2)21-13-15(3)25-17-9-7-6-8-10-17;/h6-10,15-16H,4-5,11-14H2,1-3H3,(H2,20,21,22);1H. The maximum absolute atomic E-state index is 11.8. The summed E-state index contributed by atoms with van der Waals surface area (Å²) in [5.74, 6) is 1.08. The monoisotopic (exact) mass is 490 g/mol. The fourth-order valence-corrected chi connectivity index (χ4v) is 3.76. The number of likely N-dealkylation sites (tertiary alicyclic amines) is 1. The van der Waals surface area contributed by atoms with E-state index < -0.39 is 0 Å². The van der Waals surface area contributed by atoms with Crippen molar-refractivity contribution in [3.8, 4) is 0 Å². The number of hydrogen-bond donors (Lipinski definition) is 2. The van der Waals surface area contributed by atoms with Crippen LogP contribution in [0.25, 0.3) is 0 Å². The molecule has 1 fully saturated rings. The number of amides is 1. The average molecular weight is 490 g/mol. The maximum atomic E-state index is 11.8. The Bertz CT molecular complexity index is 570. The van der Waals surface area contributed by atoms with Crippen LogP contribution in [0.5, 0.6) is 0 Å². The lowest BCUT2D eigenvalue weighted by Crippen LogP contribution is -2.45. The molecule has 2 atom stereocenters. The molecule has 0 radical (unpaired) electrons. The summed E-state index contributed by atoms with van der Waals surface area (Å²) in [5.41, 5.74) is 0. The predicted molar refractivity (Wildman–Crippen MR) is 122 cm³/mol. The zero-order valence-electron chi connectivity index (χ0n) is 15.9. The van der Waals surface area contributed by atoms with Crippen LogP contribution in [0, 0.1) is 0 Å². The van der Waals surface area contributed by atoms with E-state index in [1.54, 1.807) is 0 Å². The van der Waals surface area contributed by atoms with E-state index in [2.05, 4.69) is 48.7 Å². The molecule has 5 nitrogen and oxygen atoms in total. The van der Waals surface area contributed by atoms with Crippen LogP contribution in [0.1, 0.15) is 33.6 Å². The average Bonchev–Trinajstić information content (AvgIpc) is 3.08. The van der Waals surface area contributed by atoms with Crippen LogP contribution in [-0.4, -0.2) is 54.2 Å². The van der Waals surface area contributed by atoms with E-state index in [9.17, 15) is 4.79 Å². The molecule has 1 aromatic carbocycles. The first-order chi connectivity index (χ1) is 12.1. The van der Waals surface area contributed by atoms with Crippen molar-refractivity contribution in [3.05, 3.63) is 30.3 Å². The predicted octanol–water partition coefficient (Wildman–Crippen LogP) is 3.35. The molecule has 1 amide bonds. The molecular formula is C19H31IN4OS. The van der Waals surface area contributed by atoms with Gasteiger partial charge in [-0.3, -0.25) is 9.79 Å². The summed E-state index contributed by atoms with van der Waals surface area (Å²) in [6.45, 7) is 9.37. The van der Waals surface area contributed by atoms with Gasteiger partial charge >= 0.3 is 0 Å². The molecule has 2 rings (SSSR count). The minimum Gasteiger partial charge on any atom is -0.357 e. The van der Waals surface area contributed by atoms with Crippen molar-refractivity contribution >= 4 is 47.6 Å². The van der Waals surface area contributed by atoms with E-state index in [-0.39, 0.29) is 35.9 Å². The number of carbonyl (C=O) groups is 1. The molecule has 146 valence electrons. The second-order valence-corrected chi connectivity index (χ2v) is 7.80. The first-order valence-electron chi connectivity index (χ1n) is 9.16. The van der Waals surface area contributed by atoms with Crippen molar-refractivity contribution in [1.82, 2.24) is 15.5 Å². The summed E-state index contributed by atoms with van der Waals surface area (Å²) in [5, 5.41) is 7.20. The lowest BCUT2D eigenvalue weighted by Gasteiger charge is -2.19. The van der Waals surface area contributed by atoms with E-state index in [1.807, 2.05) is 29.7 Å². The van der Waals surface area contributed by atoms with Crippen molar-refractivity contribution in [2.75, 3.05) is 26.2 Å². The molecule has 1 aromatic rings. The summed E-state index contributed by atoms with van der Waals surface area (Å²) < 4.78 is 0. The number of nitrogens with one attached hydrogen (secondary N) is 2. The zero-order chi connectivity index (χ0) is 18.1. The molecule has 2 N–H and O–H groups in total. The summed E-state index contributed by atoms with van der Waals surface area (Å²) in [6, 6.07) is 10.7. The van der Waals surface area contributed by atoms with Crippen LogP contribution in [-0.2, 0) is 4.79 Å². The Morgan fingerprint density at radius 1 is 1.35 bits per heavy atom. The van der Waals surface area contributed by atoms with E-state index in [4.69, 9.17) is 4.99 Å². The van der Waals surface area contributed by atoms with Crippen molar-refractivity contribution < 1.29 is 4.79 Å². The molecule has 1 saturated heterocycles. The van der Waals surface area contributed by atoms with Gasteiger partial charge in [-0.15, -0.1) is 35.7 Å². The normalized spacial score (nSPS) is 18.2. The summed E-state index contributed by atoms with van der Waals surface area (Å²) in [6.07, 6.45) is 1.56. The third kappa shape index (κ3) is 7.73. The lowest BCUT2D eigenvalue weighted by molar-refractivity contribution is -0.129. The van der Waals surface area contributed by atoms with Gasteiger partial charge in [-0.05, 0) is 25.5 Å². The molecule has 1 aliphatic heterocycles. The Labute approximate surface area is 178 Å². The number of halogens is 1. The van der Waals surface area contributed by atoms with Crippen molar-refractivity contribution in [2.45, 2.75) is 49.8 Å². The fraction of sp³-hybridized carbons (Fsp3) is 0.579. The summed E-state index contributed by atoms with van der Waals surface area (Å²) in [4.78, 5) is 19.8. The zero-order valence-corrected chi connectivity index (χ0v) is 19.1. The van der Waals surface area contributed by atoms with Crippen LogP contribution >= 0.6 is 35.7 Å². The number of carbonyl (C=O) groups excluding carboxylic acids is 1. The van der Waals surface area contributed by atoms with Crippen LogP contribution in [0.4, 0.5) is 0 Å². The minimum atomic E-state index is 0. The Morgan fingerprint density at radius 2 is 2.08 bits per heavy atom. The molecule has 26 heavy (non-hydrogen) atoms. The minimum absolute atomic E-state index is 0. The number of nitrogens with zero attached hydrogens (tertiary/aromatic N) is 2. The molecule has 1 heterocycles. The van der Waals surface area contributed by atoms with Crippen molar-refractivity contribution in [3.63, 3.8) is 0 Å². The molecule has 0 saturated carbocycles. The molecule has 0 bridgehead atoms. The molecule has 0 aliphatic carbocycles. The highest BCUT2D eigenvalue weighted by atomic mass is 127. The molecule has 2 unspecified atom stereocenters. The first kappa shape index (κ1) is 23.1. The highest BCUT2D eigenvalue weighted by Crippen LogP contribution is 2.22. The van der Waals surface area contributed by atoms with Gasteiger partial charge in [0.25, 0.3) is 0 Å². The molecule has 0 spiro atoms. The maximum Gasteiger partial charge on any atom is 0.222 e. The molecule has 0 aromatic heterocycles. The van der Waals surface area contributed by atoms with E-state index in [1.165, 1.54) is 4.90 Å². The number of thioether (sulfide) groups is 1. The highest BCUT2D eigenvalue weighted by Gasteiger charge is 2.25. The Morgan fingerprint density at radius 3 is 2.73 bits per heavy atom. The van der Waals surface area contributed by atoms with Gasteiger partial charge in [0.05, 0.1) is 6.54 Å². The van der Waals surface area contributed by atoms with Gasteiger partial charge in [0.1, 0.15) is 0 Å². The summed E-state index contributed by atoms with van der Waals surface area (Å²) in [7, 11) is 0. The molecule has 7 heteroatoms. The fourth-order valence-electron chi connectivity index (χ4n) is 2.83. The van der Waals surface area contributed by atoms with Crippen LogP contribution in [0.3, 0.4) is 0 Å². The van der Waals surface area contributed by atoms with Gasteiger partial charge in [0.2, 0.25) is 5.91 Å². The van der Waals surface area contributed by atoms with Crippen LogP contribution in [0.15, 0.2) is 40.2 Å². The third-order valence-electron chi connectivity index (χ3n) is 4.12. The SMILES string of the molecule is CCNC(=NCC(C)Sc1ccccc1)NC1CCN(C(=O)CC)C1.I. The Balaban J connectivity index is 0.00000338. The second kappa shape index (κ2) is 12.4. The third-order valence-corrected chi connectivity index (χ3v) is 5.21. The van der Waals surface area contributed by atoms with E-state index in [0.717, 1.165) is 38.6 Å². The van der Waals surface area contributed by atoms with Gasteiger partial charge in [0.15, 0.2) is 5.96 Å².